The summed E-state index contributed by atoms with van der Waals surface area (Å²) in [6.45, 7) is -0.766. The van der Waals surface area contributed by atoms with Gasteiger partial charge in [0, 0.05) is 13.3 Å². The molecule has 0 aliphatic rings. The molecule has 94 valence electrons. The second-order valence-electron chi connectivity index (χ2n) is 3.06. The number of nitrogens with zero attached hydrogens (tertiary/aromatic N) is 1. The number of rotatable bonds is 5. The van der Waals surface area contributed by atoms with Gasteiger partial charge in [-0.05, 0) is 0 Å². The van der Waals surface area contributed by atoms with Crippen LogP contribution in [0.2, 0.25) is 0 Å². The van der Waals surface area contributed by atoms with Gasteiger partial charge in [-0.2, -0.15) is 0 Å². The maximum Gasteiger partial charge on any atom is 0.340 e. The summed E-state index contributed by atoms with van der Waals surface area (Å²) in [5, 5.41) is 47.3. The van der Waals surface area contributed by atoms with Gasteiger partial charge in [-0.1, -0.05) is 0 Å². The van der Waals surface area contributed by atoms with E-state index < -0.39 is 37.1 Å². The Morgan fingerprint density at radius 3 is 2.31 bits per heavy atom. The van der Waals surface area contributed by atoms with E-state index in [4.69, 9.17) is 10.2 Å². The van der Waals surface area contributed by atoms with Crippen LogP contribution < -0.4 is 5.32 Å². The van der Waals surface area contributed by atoms with Crippen molar-refractivity contribution in [2.45, 2.75) is 24.4 Å². The zero-order valence-corrected chi connectivity index (χ0v) is 8.69. The molecule has 0 aromatic rings. The smallest absolute Gasteiger partial charge is 0.340 e. The lowest BCUT2D eigenvalue weighted by Crippen LogP contribution is -2.46. The SMILES string of the molecule is CNC(=O)/N=C/C(O)C(O)C(O)C(O)CO. The number of aliphatic hydroxyl groups excluding tert-OH is 5. The zero-order chi connectivity index (χ0) is 12.7. The van der Waals surface area contributed by atoms with Crippen molar-refractivity contribution in [3.05, 3.63) is 0 Å². The molecule has 8 nitrogen and oxygen atoms in total. The Kier molecular flexibility index (Phi) is 6.77. The molecule has 4 atom stereocenters. The molecule has 0 aliphatic heterocycles. The first-order valence-corrected chi connectivity index (χ1v) is 4.53. The standard InChI is InChI=1S/C8H16N2O6/c1-9-8(16)10-2-4(12)6(14)7(15)5(13)3-11/h2,4-7,11-15H,3H2,1H3,(H,9,16)/b10-2+. The van der Waals surface area contributed by atoms with Gasteiger partial charge in [0.1, 0.15) is 24.4 Å². The molecule has 0 radical (unpaired) electrons. The molecule has 0 bridgehead atoms. The van der Waals surface area contributed by atoms with Gasteiger partial charge in [-0.25, -0.2) is 9.79 Å². The van der Waals surface area contributed by atoms with Crippen molar-refractivity contribution in [1.82, 2.24) is 5.32 Å². The lowest BCUT2D eigenvalue weighted by Gasteiger charge is -2.23. The van der Waals surface area contributed by atoms with E-state index in [-0.39, 0.29) is 0 Å². The third-order valence-corrected chi connectivity index (χ3v) is 1.84. The maximum atomic E-state index is 10.6. The summed E-state index contributed by atoms with van der Waals surface area (Å²) < 4.78 is 0. The predicted octanol–water partition coefficient (Wildman–Crippen LogP) is -3.17. The van der Waals surface area contributed by atoms with Crippen LogP contribution in [0, 0.1) is 0 Å². The van der Waals surface area contributed by atoms with Crippen LogP contribution in [0.15, 0.2) is 4.99 Å². The molecule has 6 N–H and O–H groups in total. The predicted molar refractivity (Wildman–Crippen MR) is 54.1 cm³/mol. The highest BCUT2D eigenvalue weighted by Crippen LogP contribution is 2.03. The van der Waals surface area contributed by atoms with Crippen LogP contribution in [0.25, 0.3) is 0 Å². The number of aliphatic imine (C=N–C) groups is 1. The van der Waals surface area contributed by atoms with Crippen LogP contribution in [0.4, 0.5) is 4.79 Å². The molecule has 0 aromatic carbocycles. The van der Waals surface area contributed by atoms with Gasteiger partial charge in [0.2, 0.25) is 0 Å². The zero-order valence-electron chi connectivity index (χ0n) is 8.69. The first-order chi connectivity index (χ1) is 7.43. The van der Waals surface area contributed by atoms with E-state index in [0.29, 0.717) is 0 Å². The Morgan fingerprint density at radius 1 is 1.31 bits per heavy atom. The summed E-state index contributed by atoms with van der Waals surface area (Å²) in [4.78, 5) is 13.8. The first kappa shape index (κ1) is 14.9. The Morgan fingerprint density at radius 2 is 1.88 bits per heavy atom. The number of carbonyl (C=O) groups excluding carboxylic acids is 1. The number of aliphatic hydroxyl groups is 5. The van der Waals surface area contributed by atoms with Gasteiger partial charge in [0.15, 0.2) is 0 Å². The van der Waals surface area contributed by atoms with Crippen molar-refractivity contribution in [3.8, 4) is 0 Å². The number of hydrogen-bond donors (Lipinski definition) is 6. The molecule has 0 heterocycles. The average Bonchev–Trinajstić information content (AvgIpc) is 2.32. The summed E-state index contributed by atoms with van der Waals surface area (Å²) in [6.07, 6.45) is -5.99. The molecule has 0 aliphatic carbocycles. The molecule has 0 rings (SSSR count). The fourth-order valence-corrected chi connectivity index (χ4v) is 0.834. The van der Waals surface area contributed by atoms with Gasteiger partial charge in [-0.15, -0.1) is 0 Å². The molecule has 0 fully saturated rings. The van der Waals surface area contributed by atoms with Gasteiger partial charge < -0.3 is 30.8 Å². The highest BCUT2D eigenvalue weighted by molar-refractivity contribution is 5.84. The molecule has 0 saturated carbocycles. The number of carbonyl (C=O) groups is 1. The van der Waals surface area contributed by atoms with Crippen LogP contribution in [0.1, 0.15) is 0 Å². The van der Waals surface area contributed by atoms with Gasteiger partial charge >= 0.3 is 6.03 Å². The highest BCUT2D eigenvalue weighted by atomic mass is 16.4. The minimum absolute atomic E-state index is 0.719. The molecule has 0 spiro atoms. The summed E-state index contributed by atoms with van der Waals surface area (Å²) >= 11 is 0. The van der Waals surface area contributed by atoms with Crippen LogP contribution >= 0.6 is 0 Å². The van der Waals surface area contributed by atoms with E-state index in [1.165, 1.54) is 7.05 Å². The first-order valence-electron chi connectivity index (χ1n) is 4.53. The monoisotopic (exact) mass is 236 g/mol. The van der Waals surface area contributed by atoms with E-state index in [1.807, 2.05) is 0 Å². The van der Waals surface area contributed by atoms with Gasteiger partial charge in [-0.3, -0.25) is 0 Å². The molecular formula is C8H16N2O6. The van der Waals surface area contributed by atoms with Gasteiger partial charge in [0.05, 0.1) is 6.61 Å². The van der Waals surface area contributed by atoms with Crippen molar-refractivity contribution in [2.75, 3.05) is 13.7 Å². The van der Waals surface area contributed by atoms with Crippen molar-refractivity contribution in [3.63, 3.8) is 0 Å². The molecule has 16 heavy (non-hydrogen) atoms. The van der Waals surface area contributed by atoms with Gasteiger partial charge in [0.25, 0.3) is 0 Å². The molecule has 0 aromatic heterocycles. The number of nitrogens with one attached hydrogen (secondary N) is 1. The minimum Gasteiger partial charge on any atom is -0.394 e. The van der Waals surface area contributed by atoms with Crippen molar-refractivity contribution < 1.29 is 30.3 Å². The molecule has 2 amide bonds. The summed E-state index contributed by atoms with van der Waals surface area (Å²) in [5.41, 5.74) is 0. The fraction of sp³-hybridized carbons (Fsp3) is 0.750. The third kappa shape index (κ3) is 4.64. The van der Waals surface area contributed by atoms with Crippen molar-refractivity contribution >= 4 is 12.2 Å². The normalized spacial score (nSPS) is 19.1. The van der Waals surface area contributed by atoms with Crippen LogP contribution in [0.5, 0.6) is 0 Å². The Balaban J connectivity index is 4.32. The van der Waals surface area contributed by atoms with Crippen LogP contribution in [-0.4, -0.2) is 75.8 Å². The second kappa shape index (κ2) is 7.25. The summed E-state index contributed by atoms with van der Waals surface area (Å²) in [6, 6.07) is -0.733. The van der Waals surface area contributed by atoms with E-state index in [1.54, 1.807) is 0 Å². The highest BCUT2D eigenvalue weighted by Gasteiger charge is 2.29. The third-order valence-electron chi connectivity index (χ3n) is 1.84. The minimum atomic E-state index is -1.75. The van der Waals surface area contributed by atoms with E-state index in [9.17, 15) is 20.1 Å². The van der Waals surface area contributed by atoms with Crippen molar-refractivity contribution in [1.29, 1.82) is 0 Å². The molecule has 8 heteroatoms. The van der Waals surface area contributed by atoms with E-state index >= 15 is 0 Å². The summed E-state index contributed by atoms with van der Waals surface area (Å²) in [7, 11) is 1.33. The molecule has 4 unspecified atom stereocenters. The maximum absolute atomic E-state index is 10.6. The van der Waals surface area contributed by atoms with Crippen molar-refractivity contribution in [2.24, 2.45) is 4.99 Å². The van der Waals surface area contributed by atoms with Crippen LogP contribution in [-0.2, 0) is 0 Å². The van der Waals surface area contributed by atoms with E-state index in [0.717, 1.165) is 6.21 Å². The second-order valence-corrected chi connectivity index (χ2v) is 3.06. The summed E-state index contributed by atoms with van der Waals surface area (Å²) in [5.74, 6) is 0. The topological polar surface area (TPSA) is 143 Å². The molecular weight excluding hydrogens is 220 g/mol. The van der Waals surface area contributed by atoms with E-state index in [2.05, 4.69) is 10.3 Å². The molecule has 0 saturated heterocycles. The number of urea groups is 1. The lowest BCUT2D eigenvalue weighted by molar-refractivity contribution is -0.0999. The van der Waals surface area contributed by atoms with Crippen LogP contribution in [0.3, 0.4) is 0 Å². The fourth-order valence-electron chi connectivity index (χ4n) is 0.834. The Hall–Kier alpha value is -1.06. The number of hydrogen-bond acceptors (Lipinski definition) is 6. The quantitative estimate of drug-likeness (QED) is 0.278. The Bertz CT molecular complexity index is 247. The lowest BCUT2D eigenvalue weighted by atomic mass is 10.0. The Labute approximate surface area is 91.9 Å². The number of amides is 2. The largest absolute Gasteiger partial charge is 0.394 e. The average molecular weight is 236 g/mol.